The summed E-state index contributed by atoms with van der Waals surface area (Å²) in [7, 11) is 0. The highest BCUT2D eigenvalue weighted by atomic mass is 16.4. The second-order valence-corrected chi connectivity index (χ2v) is 4.19. The van der Waals surface area contributed by atoms with Gasteiger partial charge in [-0.05, 0) is 13.0 Å². The molecule has 2 rings (SSSR count). The third kappa shape index (κ3) is 2.52. The van der Waals surface area contributed by atoms with Crippen molar-refractivity contribution in [1.82, 2.24) is 5.32 Å². The number of rotatable bonds is 5. The molecule has 1 atom stereocenters. The summed E-state index contributed by atoms with van der Waals surface area (Å²) in [5, 5.41) is 22.1. The first-order chi connectivity index (χ1) is 8.59. The number of fused-ring (bicyclic) bond motifs is 1. The van der Waals surface area contributed by atoms with Gasteiger partial charge in [-0.15, -0.1) is 0 Å². The van der Waals surface area contributed by atoms with Gasteiger partial charge in [0.2, 0.25) is 5.76 Å². The van der Waals surface area contributed by atoms with E-state index in [1.54, 1.807) is 19.1 Å². The van der Waals surface area contributed by atoms with Gasteiger partial charge in [0.15, 0.2) is 0 Å². The van der Waals surface area contributed by atoms with E-state index in [4.69, 9.17) is 9.52 Å². The highest BCUT2D eigenvalue weighted by Crippen LogP contribution is 2.25. The lowest BCUT2D eigenvalue weighted by Gasteiger charge is -2.06. The van der Waals surface area contributed by atoms with Crippen molar-refractivity contribution in [1.29, 1.82) is 0 Å². The largest absolute Gasteiger partial charge is 0.475 e. The maximum Gasteiger partial charge on any atom is 0.372 e. The van der Waals surface area contributed by atoms with Crippen molar-refractivity contribution >= 4 is 16.9 Å². The average molecular weight is 249 g/mol. The van der Waals surface area contributed by atoms with Crippen LogP contribution in [0.1, 0.15) is 23.0 Å². The number of furan rings is 1. The summed E-state index contributed by atoms with van der Waals surface area (Å²) < 4.78 is 5.32. The molecule has 0 saturated heterocycles. The average Bonchev–Trinajstić information content (AvgIpc) is 2.68. The fraction of sp³-hybridized carbons (Fsp3) is 0.308. The van der Waals surface area contributed by atoms with Crippen LogP contribution >= 0.6 is 0 Å². The van der Waals surface area contributed by atoms with Gasteiger partial charge in [0.1, 0.15) is 5.58 Å². The molecule has 3 N–H and O–H groups in total. The number of aromatic carboxylic acids is 1. The zero-order chi connectivity index (χ0) is 13.1. The minimum absolute atomic E-state index is 0.0470. The lowest BCUT2D eigenvalue weighted by atomic mass is 10.1. The molecule has 1 unspecified atom stereocenters. The summed E-state index contributed by atoms with van der Waals surface area (Å²) in [6.45, 7) is 2.42. The van der Waals surface area contributed by atoms with Crippen LogP contribution in [0.25, 0.3) is 11.0 Å². The highest BCUT2D eigenvalue weighted by Gasteiger charge is 2.19. The molecule has 0 radical (unpaired) electrons. The van der Waals surface area contributed by atoms with Gasteiger partial charge in [0.25, 0.3) is 0 Å². The van der Waals surface area contributed by atoms with Crippen LogP contribution in [-0.4, -0.2) is 28.8 Å². The van der Waals surface area contributed by atoms with Crippen molar-refractivity contribution in [3.8, 4) is 0 Å². The van der Waals surface area contributed by atoms with Crippen LogP contribution in [0.2, 0.25) is 0 Å². The molecule has 0 aliphatic carbocycles. The monoisotopic (exact) mass is 249 g/mol. The Kier molecular flexibility index (Phi) is 3.64. The van der Waals surface area contributed by atoms with Crippen molar-refractivity contribution < 1.29 is 19.4 Å². The van der Waals surface area contributed by atoms with E-state index in [1.807, 2.05) is 12.1 Å². The van der Waals surface area contributed by atoms with E-state index in [2.05, 4.69) is 5.32 Å². The summed E-state index contributed by atoms with van der Waals surface area (Å²) in [5.41, 5.74) is 1.17. The molecule has 0 bridgehead atoms. The number of para-hydroxylation sites is 1. The number of hydrogen-bond acceptors (Lipinski definition) is 4. The van der Waals surface area contributed by atoms with Crippen LogP contribution in [-0.2, 0) is 6.54 Å². The van der Waals surface area contributed by atoms with Gasteiger partial charge >= 0.3 is 5.97 Å². The lowest BCUT2D eigenvalue weighted by molar-refractivity contribution is 0.0663. The molecule has 0 saturated carbocycles. The molecule has 0 aliphatic heterocycles. The molecule has 1 aromatic heterocycles. The number of carboxylic acids is 1. The minimum Gasteiger partial charge on any atom is -0.475 e. The number of aliphatic hydroxyl groups excluding tert-OH is 1. The van der Waals surface area contributed by atoms with Gasteiger partial charge < -0.3 is 19.9 Å². The van der Waals surface area contributed by atoms with Crippen molar-refractivity contribution in [2.24, 2.45) is 0 Å². The fourth-order valence-corrected chi connectivity index (χ4v) is 1.85. The number of hydrogen-bond donors (Lipinski definition) is 3. The van der Waals surface area contributed by atoms with E-state index < -0.39 is 12.1 Å². The smallest absolute Gasteiger partial charge is 0.372 e. The molecule has 18 heavy (non-hydrogen) atoms. The normalized spacial score (nSPS) is 12.8. The van der Waals surface area contributed by atoms with Gasteiger partial charge in [0.05, 0.1) is 6.10 Å². The maximum absolute atomic E-state index is 11.1. The second-order valence-electron chi connectivity index (χ2n) is 4.19. The SMILES string of the molecule is CC(O)CNCc1c(C(=O)O)oc2ccccc12. The van der Waals surface area contributed by atoms with Crippen LogP contribution in [0.3, 0.4) is 0 Å². The zero-order valence-corrected chi connectivity index (χ0v) is 10.0. The molecule has 0 amide bonds. The Labute approximate surface area is 104 Å². The number of carbonyl (C=O) groups is 1. The number of nitrogens with one attached hydrogen (secondary N) is 1. The summed E-state index contributed by atoms with van der Waals surface area (Å²) in [4.78, 5) is 11.1. The summed E-state index contributed by atoms with van der Waals surface area (Å²) in [6.07, 6.45) is -0.476. The summed E-state index contributed by atoms with van der Waals surface area (Å²) in [5.74, 6) is -1.13. The van der Waals surface area contributed by atoms with Gasteiger partial charge in [0, 0.05) is 24.0 Å². The highest BCUT2D eigenvalue weighted by molar-refractivity contribution is 5.95. The number of carboxylic acid groups (broad SMARTS) is 1. The van der Waals surface area contributed by atoms with Crippen molar-refractivity contribution in [2.75, 3.05) is 6.54 Å². The molecule has 96 valence electrons. The second kappa shape index (κ2) is 5.20. The van der Waals surface area contributed by atoms with Crippen molar-refractivity contribution in [2.45, 2.75) is 19.6 Å². The van der Waals surface area contributed by atoms with Crippen LogP contribution < -0.4 is 5.32 Å². The summed E-state index contributed by atoms with van der Waals surface area (Å²) >= 11 is 0. The molecule has 1 aromatic carbocycles. The van der Waals surface area contributed by atoms with Crippen LogP contribution in [0.5, 0.6) is 0 Å². The molecule has 1 heterocycles. The molecule has 2 aromatic rings. The summed E-state index contributed by atoms with van der Waals surface area (Å²) in [6, 6.07) is 7.19. The van der Waals surface area contributed by atoms with Crippen LogP contribution in [0, 0.1) is 0 Å². The third-order valence-electron chi connectivity index (χ3n) is 2.63. The maximum atomic E-state index is 11.1. The molecule has 5 heteroatoms. The topological polar surface area (TPSA) is 82.7 Å². The van der Waals surface area contributed by atoms with E-state index in [0.29, 0.717) is 24.2 Å². The van der Waals surface area contributed by atoms with E-state index in [-0.39, 0.29) is 5.76 Å². The lowest BCUT2D eigenvalue weighted by Crippen LogP contribution is -2.24. The standard InChI is InChI=1S/C13H15NO4/c1-8(15)6-14-7-10-9-4-2-3-5-11(9)18-12(10)13(16)17/h2-5,8,14-15H,6-7H2,1H3,(H,16,17). The number of benzene rings is 1. The van der Waals surface area contributed by atoms with Gasteiger partial charge in [-0.25, -0.2) is 4.79 Å². The molecule has 5 nitrogen and oxygen atoms in total. The Hall–Kier alpha value is -1.85. The Balaban J connectivity index is 2.33. The van der Waals surface area contributed by atoms with E-state index in [0.717, 1.165) is 5.39 Å². The minimum atomic E-state index is -1.08. The Morgan fingerprint density at radius 2 is 2.17 bits per heavy atom. The third-order valence-corrected chi connectivity index (χ3v) is 2.63. The zero-order valence-electron chi connectivity index (χ0n) is 10.0. The molecule has 0 fully saturated rings. The van der Waals surface area contributed by atoms with Crippen LogP contribution in [0.4, 0.5) is 0 Å². The van der Waals surface area contributed by atoms with Crippen molar-refractivity contribution in [3.05, 3.63) is 35.6 Å². The number of aliphatic hydroxyl groups is 1. The van der Waals surface area contributed by atoms with E-state index in [1.165, 1.54) is 0 Å². The first-order valence-corrected chi connectivity index (χ1v) is 5.72. The Morgan fingerprint density at radius 3 is 2.83 bits per heavy atom. The first-order valence-electron chi connectivity index (χ1n) is 5.72. The predicted molar refractivity (Wildman–Crippen MR) is 66.6 cm³/mol. The van der Waals surface area contributed by atoms with Gasteiger partial charge in [-0.3, -0.25) is 0 Å². The van der Waals surface area contributed by atoms with Crippen LogP contribution in [0.15, 0.2) is 28.7 Å². The quantitative estimate of drug-likeness (QED) is 0.749. The molecule has 0 aliphatic rings. The molecular weight excluding hydrogens is 234 g/mol. The van der Waals surface area contributed by atoms with Gasteiger partial charge in [-0.1, -0.05) is 18.2 Å². The van der Waals surface area contributed by atoms with E-state index in [9.17, 15) is 9.90 Å². The molecule has 0 spiro atoms. The Bertz CT molecular complexity index is 559. The fourth-order valence-electron chi connectivity index (χ4n) is 1.85. The predicted octanol–water partition coefficient (Wildman–Crippen LogP) is 1.60. The first kappa shape index (κ1) is 12.6. The Morgan fingerprint density at radius 1 is 1.44 bits per heavy atom. The van der Waals surface area contributed by atoms with Crippen molar-refractivity contribution in [3.63, 3.8) is 0 Å². The van der Waals surface area contributed by atoms with Gasteiger partial charge in [-0.2, -0.15) is 0 Å². The van der Waals surface area contributed by atoms with E-state index >= 15 is 0 Å². The molecular formula is C13H15NO4.